The van der Waals surface area contributed by atoms with Crippen molar-refractivity contribution < 1.29 is 28.2 Å². The van der Waals surface area contributed by atoms with Crippen LogP contribution < -0.4 is 0 Å². The zero-order valence-corrected chi connectivity index (χ0v) is 21.0. The summed E-state index contributed by atoms with van der Waals surface area (Å²) in [4.78, 5) is 11.9. The van der Waals surface area contributed by atoms with Crippen LogP contribution in [0.2, 0.25) is 18.1 Å². The molecular weight excluding hydrogens is 388 g/mol. The first-order valence-electron chi connectivity index (χ1n) is 11.2. The third kappa shape index (κ3) is 14.2. The summed E-state index contributed by atoms with van der Waals surface area (Å²) in [7, 11) is -1.68. The number of carbonyl (C=O) groups is 1. The van der Waals surface area contributed by atoms with E-state index in [-0.39, 0.29) is 16.9 Å². The molecule has 1 unspecified atom stereocenters. The average Bonchev–Trinajstić information content (AvgIpc) is 2.65. The SMILES string of the molecule is CCCCC(CC)C(=O)OCCOCCOCCOCCO[Si](C)(C)C(C)(C)C. The highest BCUT2D eigenvalue weighted by molar-refractivity contribution is 6.74. The van der Waals surface area contributed by atoms with E-state index in [9.17, 15) is 4.79 Å². The molecule has 0 N–H and O–H groups in total. The van der Waals surface area contributed by atoms with Crippen LogP contribution in [0.3, 0.4) is 0 Å². The topological polar surface area (TPSA) is 63.2 Å². The molecule has 7 heteroatoms. The van der Waals surface area contributed by atoms with Crippen molar-refractivity contribution in [2.45, 2.75) is 78.4 Å². The van der Waals surface area contributed by atoms with Gasteiger partial charge in [0.15, 0.2) is 8.32 Å². The number of esters is 1. The lowest BCUT2D eigenvalue weighted by atomic mass is 10.00. The Bertz CT molecular complexity index is 409. The van der Waals surface area contributed by atoms with Crippen LogP contribution in [0.15, 0.2) is 0 Å². The van der Waals surface area contributed by atoms with Gasteiger partial charge in [-0.3, -0.25) is 4.79 Å². The maximum atomic E-state index is 11.9. The van der Waals surface area contributed by atoms with E-state index in [4.69, 9.17) is 23.4 Å². The smallest absolute Gasteiger partial charge is 0.308 e. The Balaban J connectivity index is 3.47. The molecule has 0 aromatic carbocycles. The Morgan fingerprint density at radius 3 is 1.76 bits per heavy atom. The van der Waals surface area contributed by atoms with Gasteiger partial charge >= 0.3 is 5.97 Å². The molecule has 0 rings (SSSR count). The molecule has 0 aliphatic heterocycles. The third-order valence-electron chi connectivity index (χ3n) is 5.45. The summed E-state index contributed by atoms with van der Waals surface area (Å²) in [5, 5.41) is 0.223. The predicted octanol–water partition coefficient (Wildman–Crippen LogP) is 4.82. The molecule has 0 radical (unpaired) electrons. The van der Waals surface area contributed by atoms with Gasteiger partial charge in [-0.2, -0.15) is 0 Å². The first kappa shape index (κ1) is 28.5. The van der Waals surface area contributed by atoms with Crippen LogP contribution in [-0.2, 0) is 28.2 Å². The minimum Gasteiger partial charge on any atom is -0.463 e. The lowest BCUT2D eigenvalue weighted by Gasteiger charge is -2.36. The molecule has 0 aromatic heterocycles. The Kier molecular flexibility index (Phi) is 16.0. The third-order valence-corrected chi connectivity index (χ3v) is 9.98. The van der Waals surface area contributed by atoms with Crippen LogP contribution in [0, 0.1) is 5.92 Å². The minimum atomic E-state index is -1.68. The van der Waals surface area contributed by atoms with E-state index in [0.29, 0.717) is 52.9 Å². The molecule has 0 aromatic rings. The summed E-state index contributed by atoms with van der Waals surface area (Å²) in [6.07, 6.45) is 3.90. The first-order chi connectivity index (χ1) is 13.7. The fourth-order valence-corrected chi connectivity index (χ4v) is 3.40. The Labute approximate surface area is 180 Å². The zero-order valence-electron chi connectivity index (χ0n) is 20.0. The van der Waals surface area contributed by atoms with Crippen molar-refractivity contribution in [3.63, 3.8) is 0 Å². The highest BCUT2D eigenvalue weighted by Crippen LogP contribution is 2.36. The van der Waals surface area contributed by atoms with Gasteiger partial charge in [-0.05, 0) is 31.0 Å². The molecule has 0 aliphatic rings. The van der Waals surface area contributed by atoms with Crippen LogP contribution in [0.4, 0.5) is 0 Å². The Morgan fingerprint density at radius 2 is 1.31 bits per heavy atom. The van der Waals surface area contributed by atoms with Crippen LogP contribution in [0.5, 0.6) is 0 Å². The number of rotatable bonds is 18. The maximum absolute atomic E-state index is 11.9. The zero-order chi connectivity index (χ0) is 22.2. The molecule has 1 atom stereocenters. The summed E-state index contributed by atoms with van der Waals surface area (Å²) in [6.45, 7) is 19.3. The van der Waals surface area contributed by atoms with Crippen LogP contribution >= 0.6 is 0 Å². The summed E-state index contributed by atoms with van der Waals surface area (Å²) in [5.41, 5.74) is 0. The van der Waals surface area contributed by atoms with Crippen molar-refractivity contribution >= 4 is 14.3 Å². The van der Waals surface area contributed by atoms with Gasteiger partial charge < -0.3 is 23.4 Å². The van der Waals surface area contributed by atoms with Crippen molar-refractivity contribution in [3.8, 4) is 0 Å². The highest BCUT2D eigenvalue weighted by atomic mass is 28.4. The Morgan fingerprint density at radius 1 is 0.828 bits per heavy atom. The molecule has 0 fully saturated rings. The standard InChI is InChI=1S/C22H46O6Si/c1-8-10-11-20(9-2)21(23)27-18-16-25-14-12-24-13-15-26-17-19-28-29(6,7)22(3,4)5/h20H,8-19H2,1-7H3. The molecule has 0 aliphatic carbocycles. The van der Waals surface area contributed by atoms with Gasteiger partial charge in [0, 0.05) is 0 Å². The predicted molar refractivity (Wildman–Crippen MR) is 120 cm³/mol. The van der Waals surface area contributed by atoms with Crippen molar-refractivity contribution in [1.29, 1.82) is 0 Å². The van der Waals surface area contributed by atoms with E-state index in [1.807, 2.05) is 6.92 Å². The molecule has 0 saturated carbocycles. The first-order valence-corrected chi connectivity index (χ1v) is 14.1. The summed E-state index contributed by atoms with van der Waals surface area (Å²) in [6, 6.07) is 0. The van der Waals surface area contributed by atoms with Crippen molar-refractivity contribution in [1.82, 2.24) is 0 Å². The van der Waals surface area contributed by atoms with E-state index in [1.54, 1.807) is 0 Å². The number of hydrogen-bond donors (Lipinski definition) is 0. The van der Waals surface area contributed by atoms with Crippen molar-refractivity contribution in [2.24, 2.45) is 5.92 Å². The lowest BCUT2D eigenvalue weighted by Crippen LogP contribution is -2.41. The molecular formula is C22H46O6Si. The number of ether oxygens (including phenoxy) is 4. The van der Waals surface area contributed by atoms with Gasteiger partial charge in [-0.15, -0.1) is 0 Å². The fourth-order valence-electron chi connectivity index (χ4n) is 2.37. The second-order valence-electron chi connectivity index (χ2n) is 8.86. The van der Waals surface area contributed by atoms with E-state index in [2.05, 4.69) is 40.8 Å². The number of carbonyl (C=O) groups excluding carboxylic acids is 1. The largest absolute Gasteiger partial charge is 0.463 e. The number of hydrogen-bond acceptors (Lipinski definition) is 6. The molecule has 0 bridgehead atoms. The molecule has 0 spiro atoms. The summed E-state index contributed by atoms with van der Waals surface area (Å²) < 4.78 is 27.8. The molecule has 6 nitrogen and oxygen atoms in total. The van der Waals surface area contributed by atoms with Gasteiger partial charge in [-0.1, -0.05) is 47.5 Å². The maximum Gasteiger partial charge on any atom is 0.308 e. The normalized spacial score (nSPS) is 13.5. The second-order valence-corrected chi connectivity index (χ2v) is 13.7. The van der Waals surface area contributed by atoms with E-state index in [0.717, 1.165) is 25.7 Å². The van der Waals surface area contributed by atoms with Gasteiger partial charge in [0.05, 0.1) is 52.2 Å². The van der Waals surface area contributed by atoms with Crippen LogP contribution in [0.25, 0.3) is 0 Å². The van der Waals surface area contributed by atoms with E-state index in [1.165, 1.54) is 0 Å². The molecule has 174 valence electrons. The van der Waals surface area contributed by atoms with Crippen LogP contribution in [-0.4, -0.2) is 67.1 Å². The molecule has 0 saturated heterocycles. The van der Waals surface area contributed by atoms with Crippen molar-refractivity contribution in [3.05, 3.63) is 0 Å². The summed E-state index contributed by atoms with van der Waals surface area (Å²) in [5.74, 6) is -0.0824. The molecule has 29 heavy (non-hydrogen) atoms. The van der Waals surface area contributed by atoms with E-state index >= 15 is 0 Å². The Hall–Kier alpha value is -0.473. The summed E-state index contributed by atoms with van der Waals surface area (Å²) >= 11 is 0. The van der Waals surface area contributed by atoms with Gasteiger partial charge in [0.2, 0.25) is 0 Å². The van der Waals surface area contributed by atoms with Gasteiger partial charge in [0.1, 0.15) is 6.61 Å². The van der Waals surface area contributed by atoms with Crippen LogP contribution in [0.1, 0.15) is 60.3 Å². The fraction of sp³-hybridized carbons (Fsp3) is 0.955. The van der Waals surface area contributed by atoms with Gasteiger partial charge in [-0.25, -0.2) is 0 Å². The second kappa shape index (κ2) is 16.2. The monoisotopic (exact) mass is 434 g/mol. The average molecular weight is 435 g/mol. The van der Waals surface area contributed by atoms with E-state index < -0.39 is 8.32 Å². The highest BCUT2D eigenvalue weighted by Gasteiger charge is 2.36. The van der Waals surface area contributed by atoms with Crippen molar-refractivity contribution in [2.75, 3.05) is 52.9 Å². The quantitative estimate of drug-likeness (QED) is 0.175. The molecule has 0 heterocycles. The lowest BCUT2D eigenvalue weighted by molar-refractivity contribution is -0.150. The number of unbranched alkanes of at least 4 members (excludes halogenated alkanes) is 1. The van der Waals surface area contributed by atoms with Gasteiger partial charge in [0.25, 0.3) is 0 Å². The minimum absolute atomic E-state index is 0.0190. The molecule has 0 amide bonds.